The van der Waals surface area contributed by atoms with Crippen LogP contribution in [0.2, 0.25) is 0 Å². The Kier molecular flexibility index (Phi) is 6.53. The van der Waals surface area contributed by atoms with Gasteiger partial charge in [-0.05, 0) is 43.1 Å². The molecule has 1 saturated heterocycles. The number of aryl methyl sites for hydroxylation is 1. The van der Waals surface area contributed by atoms with E-state index < -0.39 is 0 Å². The summed E-state index contributed by atoms with van der Waals surface area (Å²) in [6.07, 6.45) is 6.18. The van der Waals surface area contributed by atoms with Crippen LogP contribution in [0.3, 0.4) is 0 Å². The van der Waals surface area contributed by atoms with Gasteiger partial charge in [-0.25, -0.2) is 0 Å². The Hall–Kier alpha value is -2.91. The third-order valence-electron chi connectivity index (χ3n) is 5.91. The lowest BCUT2D eigenvalue weighted by molar-refractivity contribution is 0.0932. The number of nitrogens with one attached hydrogen (secondary N) is 1. The average Bonchev–Trinajstić information content (AvgIpc) is 3.49. The number of rotatable bonds is 9. The Bertz CT molecular complexity index is 1040. The molecule has 9 heteroatoms. The van der Waals surface area contributed by atoms with E-state index in [4.69, 9.17) is 9.47 Å². The number of amides is 1. The van der Waals surface area contributed by atoms with Crippen molar-refractivity contribution in [2.24, 2.45) is 7.05 Å². The third-order valence-corrected chi connectivity index (χ3v) is 5.91. The highest BCUT2D eigenvalue weighted by Gasteiger charge is 2.26. The van der Waals surface area contributed by atoms with E-state index >= 15 is 0 Å². The molecule has 1 aliphatic rings. The summed E-state index contributed by atoms with van der Waals surface area (Å²) >= 11 is 0. The van der Waals surface area contributed by atoms with Crippen LogP contribution in [0.15, 0.2) is 30.6 Å². The summed E-state index contributed by atoms with van der Waals surface area (Å²) in [6, 6.07) is 6.57. The highest BCUT2D eigenvalue weighted by molar-refractivity contribution is 5.91. The molecule has 3 aromatic rings. The summed E-state index contributed by atoms with van der Waals surface area (Å²) in [7, 11) is 5.38. The first kappa shape index (κ1) is 21.3. The van der Waals surface area contributed by atoms with Gasteiger partial charge in [0.1, 0.15) is 5.75 Å². The molecule has 1 fully saturated rings. The Morgan fingerprint density at radius 2 is 2.16 bits per heavy atom. The molecule has 0 saturated carbocycles. The van der Waals surface area contributed by atoms with Crippen LogP contribution >= 0.6 is 0 Å². The van der Waals surface area contributed by atoms with Crippen molar-refractivity contribution in [3.8, 4) is 5.75 Å². The Balaban J connectivity index is 1.43. The van der Waals surface area contributed by atoms with Crippen LogP contribution in [0.5, 0.6) is 5.75 Å². The van der Waals surface area contributed by atoms with Crippen molar-refractivity contribution in [1.82, 2.24) is 29.8 Å². The number of fused-ring (bicyclic) bond motifs is 1. The van der Waals surface area contributed by atoms with Gasteiger partial charge in [-0.15, -0.1) is 5.10 Å². The Morgan fingerprint density at radius 1 is 1.29 bits per heavy atom. The van der Waals surface area contributed by atoms with Crippen LogP contribution in [0.4, 0.5) is 0 Å². The molecule has 1 N–H and O–H groups in total. The fourth-order valence-corrected chi connectivity index (χ4v) is 4.30. The molecule has 0 radical (unpaired) electrons. The minimum absolute atomic E-state index is 0.226. The summed E-state index contributed by atoms with van der Waals surface area (Å²) in [5.74, 6) is 0.646. The first-order valence-electron chi connectivity index (χ1n) is 10.6. The molecule has 0 spiro atoms. The molecule has 4 rings (SSSR count). The second-order valence-electron chi connectivity index (χ2n) is 7.99. The zero-order valence-corrected chi connectivity index (χ0v) is 18.4. The van der Waals surface area contributed by atoms with Gasteiger partial charge in [0.25, 0.3) is 5.91 Å². The predicted molar refractivity (Wildman–Crippen MR) is 117 cm³/mol. The van der Waals surface area contributed by atoms with E-state index in [-0.39, 0.29) is 5.91 Å². The van der Waals surface area contributed by atoms with Crippen molar-refractivity contribution >= 4 is 16.8 Å². The maximum Gasteiger partial charge on any atom is 0.273 e. The number of carbonyl (C=O) groups is 1. The number of ether oxygens (including phenoxy) is 2. The van der Waals surface area contributed by atoms with E-state index in [0.29, 0.717) is 31.4 Å². The van der Waals surface area contributed by atoms with Crippen molar-refractivity contribution in [2.75, 3.05) is 33.9 Å². The number of nitrogens with zero attached hydrogens (tertiary/aromatic N) is 5. The summed E-state index contributed by atoms with van der Waals surface area (Å²) in [5.41, 5.74) is 2.83. The summed E-state index contributed by atoms with van der Waals surface area (Å²) in [4.78, 5) is 14.6. The molecular formula is C22H30N6O3. The van der Waals surface area contributed by atoms with Crippen LogP contribution in [0.1, 0.15) is 28.9 Å². The number of likely N-dealkylation sites (tertiary alicyclic amines) is 1. The second kappa shape index (κ2) is 9.49. The van der Waals surface area contributed by atoms with Gasteiger partial charge < -0.3 is 19.4 Å². The first-order valence-corrected chi connectivity index (χ1v) is 10.6. The van der Waals surface area contributed by atoms with Gasteiger partial charge >= 0.3 is 0 Å². The molecular weight excluding hydrogens is 396 g/mol. The van der Waals surface area contributed by atoms with Crippen molar-refractivity contribution < 1.29 is 14.3 Å². The van der Waals surface area contributed by atoms with Crippen LogP contribution in [-0.2, 0) is 24.9 Å². The van der Waals surface area contributed by atoms with Crippen molar-refractivity contribution in [2.45, 2.75) is 32.0 Å². The van der Waals surface area contributed by atoms with Crippen LogP contribution in [0, 0.1) is 0 Å². The van der Waals surface area contributed by atoms with Gasteiger partial charge in [0, 0.05) is 50.4 Å². The molecule has 1 unspecified atom stereocenters. The van der Waals surface area contributed by atoms with E-state index in [2.05, 4.69) is 50.5 Å². The molecule has 0 aliphatic carbocycles. The minimum Gasteiger partial charge on any atom is -0.497 e. The van der Waals surface area contributed by atoms with Gasteiger partial charge in [0.05, 0.1) is 26.5 Å². The van der Waals surface area contributed by atoms with E-state index in [0.717, 1.165) is 31.7 Å². The SMILES string of the molecule is COCCNC(=O)c1cn(CC2CCCN2Cc2cn(C)c3ccc(OC)cc23)nn1. The maximum atomic E-state index is 12.1. The lowest BCUT2D eigenvalue weighted by atomic mass is 10.1. The van der Waals surface area contributed by atoms with Crippen molar-refractivity contribution in [3.63, 3.8) is 0 Å². The minimum atomic E-state index is -0.226. The summed E-state index contributed by atoms with van der Waals surface area (Å²) in [5, 5.41) is 12.2. The summed E-state index contributed by atoms with van der Waals surface area (Å²) < 4.78 is 14.3. The molecule has 31 heavy (non-hydrogen) atoms. The average molecular weight is 427 g/mol. The first-order chi connectivity index (χ1) is 15.1. The maximum absolute atomic E-state index is 12.1. The topological polar surface area (TPSA) is 86.4 Å². The predicted octanol–water partition coefficient (Wildman–Crippen LogP) is 1.82. The van der Waals surface area contributed by atoms with Gasteiger partial charge in [0.15, 0.2) is 5.69 Å². The largest absolute Gasteiger partial charge is 0.497 e. The van der Waals surface area contributed by atoms with Crippen LogP contribution in [0.25, 0.3) is 10.9 Å². The normalized spacial score (nSPS) is 16.8. The van der Waals surface area contributed by atoms with E-state index in [1.165, 1.54) is 16.5 Å². The van der Waals surface area contributed by atoms with E-state index in [9.17, 15) is 4.79 Å². The zero-order valence-electron chi connectivity index (χ0n) is 18.4. The standard InChI is InChI=1S/C22H30N6O3/c1-26-12-16(19-11-18(31-3)6-7-21(19)26)13-27-9-4-5-17(27)14-28-15-20(24-25-28)22(29)23-8-10-30-2/h6-7,11-12,15,17H,4-5,8-10,13-14H2,1-3H3,(H,23,29). The zero-order chi connectivity index (χ0) is 21.8. The molecule has 1 atom stereocenters. The number of hydrogen-bond acceptors (Lipinski definition) is 6. The fraction of sp³-hybridized carbons (Fsp3) is 0.500. The number of aromatic nitrogens is 4. The molecule has 2 aromatic heterocycles. The molecule has 166 valence electrons. The van der Waals surface area contributed by atoms with E-state index in [1.54, 1.807) is 25.1 Å². The van der Waals surface area contributed by atoms with Gasteiger partial charge in [-0.1, -0.05) is 5.21 Å². The lowest BCUT2D eigenvalue weighted by Crippen LogP contribution is -2.32. The van der Waals surface area contributed by atoms with E-state index in [1.807, 2.05) is 6.07 Å². The molecule has 1 aliphatic heterocycles. The highest BCUT2D eigenvalue weighted by atomic mass is 16.5. The monoisotopic (exact) mass is 426 g/mol. The molecule has 1 aromatic carbocycles. The second-order valence-corrected chi connectivity index (χ2v) is 7.99. The molecule has 9 nitrogen and oxygen atoms in total. The van der Waals surface area contributed by atoms with Crippen molar-refractivity contribution in [3.05, 3.63) is 41.9 Å². The Morgan fingerprint density at radius 3 is 2.97 bits per heavy atom. The fourth-order valence-electron chi connectivity index (χ4n) is 4.30. The van der Waals surface area contributed by atoms with Gasteiger partial charge in [-0.3, -0.25) is 14.4 Å². The number of methoxy groups -OCH3 is 2. The quantitative estimate of drug-likeness (QED) is 0.526. The smallest absolute Gasteiger partial charge is 0.273 e. The van der Waals surface area contributed by atoms with Crippen molar-refractivity contribution in [1.29, 1.82) is 0 Å². The summed E-state index contributed by atoms with van der Waals surface area (Å²) in [6.45, 7) is 3.55. The lowest BCUT2D eigenvalue weighted by Gasteiger charge is -2.24. The van der Waals surface area contributed by atoms with Gasteiger partial charge in [-0.2, -0.15) is 0 Å². The van der Waals surface area contributed by atoms with Crippen LogP contribution < -0.4 is 10.1 Å². The third kappa shape index (κ3) is 4.72. The Labute approximate surface area is 181 Å². The highest BCUT2D eigenvalue weighted by Crippen LogP contribution is 2.29. The van der Waals surface area contributed by atoms with Gasteiger partial charge in [0.2, 0.25) is 0 Å². The number of benzene rings is 1. The number of hydrogen-bond donors (Lipinski definition) is 1. The van der Waals surface area contributed by atoms with Crippen LogP contribution in [-0.4, -0.2) is 70.3 Å². The molecule has 1 amide bonds. The molecule has 0 bridgehead atoms. The molecule has 3 heterocycles. The number of carbonyl (C=O) groups excluding carboxylic acids is 1.